The molecule has 1 aliphatic rings. The zero-order valence-electron chi connectivity index (χ0n) is 13.8. The summed E-state index contributed by atoms with van der Waals surface area (Å²) in [5, 5.41) is 0.895. The topological polar surface area (TPSA) is 59.2 Å². The van der Waals surface area contributed by atoms with Gasteiger partial charge in [0.05, 0.1) is 12.7 Å². The lowest BCUT2D eigenvalue weighted by molar-refractivity contribution is -0.113. The van der Waals surface area contributed by atoms with Crippen LogP contribution in [0.4, 0.5) is 0 Å². The Labute approximate surface area is 145 Å². The first-order valence-electron chi connectivity index (χ1n) is 8.20. The van der Waals surface area contributed by atoms with Crippen LogP contribution >= 0.6 is 0 Å². The number of nitrogens with one attached hydrogen (secondary N) is 1. The molecule has 0 fully saturated rings. The molecule has 0 aliphatic heterocycles. The number of rotatable bonds is 2. The SMILES string of the molecule is COC(=O)c1ccc2[nH]cc(C=C3C(=O)CCc4ccccc43)c2c1. The fraction of sp³-hybridized carbons (Fsp3) is 0.143. The molecule has 3 aromatic rings. The predicted molar refractivity (Wildman–Crippen MR) is 97.3 cm³/mol. The van der Waals surface area contributed by atoms with Crippen molar-refractivity contribution < 1.29 is 14.3 Å². The van der Waals surface area contributed by atoms with Crippen LogP contribution in [0, 0.1) is 0 Å². The van der Waals surface area contributed by atoms with Crippen molar-refractivity contribution in [1.82, 2.24) is 4.98 Å². The van der Waals surface area contributed by atoms with E-state index in [1.54, 1.807) is 12.1 Å². The fourth-order valence-corrected chi connectivity index (χ4v) is 3.35. The lowest BCUT2D eigenvalue weighted by Crippen LogP contribution is -2.12. The first kappa shape index (κ1) is 15.4. The molecular weight excluding hydrogens is 314 g/mol. The smallest absolute Gasteiger partial charge is 0.337 e. The number of hydrogen-bond donors (Lipinski definition) is 1. The molecule has 4 heteroatoms. The number of carbonyl (C=O) groups excluding carboxylic acids is 2. The number of allylic oxidation sites excluding steroid dienone is 1. The highest BCUT2D eigenvalue weighted by atomic mass is 16.5. The quantitative estimate of drug-likeness (QED) is 0.570. The molecule has 25 heavy (non-hydrogen) atoms. The highest BCUT2D eigenvalue weighted by Crippen LogP contribution is 2.31. The molecule has 2 aromatic carbocycles. The Morgan fingerprint density at radius 2 is 2.00 bits per heavy atom. The lowest BCUT2D eigenvalue weighted by Gasteiger charge is -2.17. The monoisotopic (exact) mass is 331 g/mol. The number of esters is 1. The van der Waals surface area contributed by atoms with Gasteiger partial charge in [-0.15, -0.1) is 0 Å². The standard InChI is InChI=1S/C21H17NO3/c1-25-21(24)14-6-8-19-17(10-14)15(12-22-19)11-18-16-5-3-2-4-13(16)7-9-20(18)23/h2-6,8,10-12,22H,7,9H2,1H3. The second kappa shape index (κ2) is 6.06. The summed E-state index contributed by atoms with van der Waals surface area (Å²) >= 11 is 0. The van der Waals surface area contributed by atoms with Gasteiger partial charge in [0.15, 0.2) is 5.78 Å². The molecule has 4 rings (SSSR count). The van der Waals surface area contributed by atoms with Gasteiger partial charge in [-0.25, -0.2) is 4.79 Å². The third kappa shape index (κ3) is 2.66. The van der Waals surface area contributed by atoms with Gasteiger partial charge in [0, 0.05) is 34.7 Å². The maximum absolute atomic E-state index is 12.5. The van der Waals surface area contributed by atoms with Crippen molar-refractivity contribution in [2.45, 2.75) is 12.8 Å². The summed E-state index contributed by atoms with van der Waals surface area (Å²) in [5.41, 5.74) is 5.22. The molecule has 4 nitrogen and oxygen atoms in total. The molecule has 0 amide bonds. The first-order valence-corrected chi connectivity index (χ1v) is 8.20. The molecule has 0 unspecified atom stereocenters. The van der Waals surface area contributed by atoms with Crippen molar-refractivity contribution in [3.63, 3.8) is 0 Å². The zero-order valence-corrected chi connectivity index (χ0v) is 13.8. The van der Waals surface area contributed by atoms with Crippen molar-refractivity contribution in [3.05, 3.63) is 70.9 Å². The second-order valence-electron chi connectivity index (χ2n) is 6.13. The Bertz CT molecular complexity index is 1030. The number of ketones is 1. The summed E-state index contributed by atoms with van der Waals surface area (Å²) in [7, 11) is 1.37. The molecule has 1 aromatic heterocycles. The van der Waals surface area contributed by atoms with E-state index in [4.69, 9.17) is 4.74 Å². The minimum atomic E-state index is -0.374. The van der Waals surface area contributed by atoms with Crippen LogP contribution in [0.5, 0.6) is 0 Å². The molecule has 0 radical (unpaired) electrons. The summed E-state index contributed by atoms with van der Waals surface area (Å²) in [4.78, 5) is 27.5. The molecule has 0 atom stereocenters. The van der Waals surface area contributed by atoms with Crippen molar-refractivity contribution in [2.75, 3.05) is 7.11 Å². The molecule has 0 saturated carbocycles. The molecule has 0 spiro atoms. The van der Waals surface area contributed by atoms with Gasteiger partial charge in [-0.1, -0.05) is 24.3 Å². The largest absolute Gasteiger partial charge is 0.465 e. The third-order valence-corrected chi connectivity index (χ3v) is 4.66. The molecular formula is C21H17NO3. The lowest BCUT2D eigenvalue weighted by atomic mass is 9.85. The van der Waals surface area contributed by atoms with Crippen LogP contribution in [0.1, 0.15) is 33.5 Å². The van der Waals surface area contributed by atoms with Crippen LogP contribution in [0.3, 0.4) is 0 Å². The van der Waals surface area contributed by atoms with Crippen LogP contribution in [0.25, 0.3) is 22.6 Å². The number of ether oxygens (including phenoxy) is 1. The second-order valence-corrected chi connectivity index (χ2v) is 6.13. The van der Waals surface area contributed by atoms with Crippen molar-refractivity contribution in [2.24, 2.45) is 0 Å². The summed E-state index contributed by atoms with van der Waals surface area (Å²) in [6.45, 7) is 0. The van der Waals surface area contributed by atoms with Crippen LogP contribution < -0.4 is 0 Å². The Morgan fingerprint density at radius 3 is 2.84 bits per heavy atom. The Kier molecular flexibility index (Phi) is 3.73. The summed E-state index contributed by atoms with van der Waals surface area (Å²) in [6.07, 6.45) is 5.09. The highest BCUT2D eigenvalue weighted by Gasteiger charge is 2.21. The minimum absolute atomic E-state index is 0.150. The van der Waals surface area contributed by atoms with E-state index < -0.39 is 0 Å². The van der Waals surface area contributed by atoms with Gasteiger partial charge in [0.2, 0.25) is 0 Å². The number of aromatic amines is 1. The summed E-state index contributed by atoms with van der Waals surface area (Å²) in [6, 6.07) is 13.4. The van der Waals surface area contributed by atoms with E-state index in [1.807, 2.05) is 36.5 Å². The van der Waals surface area contributed by atoms with E-state index in [2.05, 4.69) is 11.1 Å². The van der Waals surface area contributed by atoms with Crippen LogP contribution in [0.15, 0.2) is 48.7 Å². The molecule has 1 aliphatic carbocycles. The van der Waals surface area contributed by atoms with E-state index in [0.29, 0.717) is 12.0 Å². The third-order valence-electron chi connectivity index (χ3n) is 4.66. The maximum Gasteiger partial charge on any atom is 0.337 e. The van der Waals surface area contributed by atoms with Gasteiger partial charge in [0.1, 0.15) is 0 Å². The molecule has 0 saturated heterocycles. The predicted octanol–water partition coefficient (Wildman–Crippen LogP) is 4.01. The molecule has 1 N–H and O–H groups in total. The van der Waals surface area contributed by atoms with Crippen LogP contribution in [-0.2, 0) is 16.0 Å². The molecule has 1 heterocycles. The van der Waals surface area contributed by atoms with E-state index in [-0.39, 0.29) is 11.8 Å². The van der Waals surface area contributed by atoms with Crippen molar-refractivity contribution in [1.29, 1.82) is 0 Å². The number of H-pyrrole nitrogens is 1. The average Bonchev–Trinajstić information content (AvgIpc) is 3.05. The number of methoxy groups -OCH3 is 1. The number of fused-ring (bicyclic) bond motifs is 2. The number of Topliss-reactive ketones (excluding diaryl/α,β-unsaturated/α-hetero) is 1. The molecule has 0 bridgehead atoms. The van der Waals surface area contributed by atoms with E-state index >= 15 is 0 Å². The van der Waals surface area contributed by atoms with Crippen LogP contribution in [-0.4, -0.2) is 23.8 Å². The van der Waals surface area contributed by atoms with Gasteiger partial charge in [0.25, 0.3) is 0 Å². The fourth-order valence-electron chi connectivity index (χ4n) is 3.35. The van der Waals surface area contributed by atoms with Gasteiger partial charge >= 0.3 is 5.97 Å². The minimum Gasteiger partial charge on any atom is -0.465 e. The molecule has 124 valence electrons. The van der Waals surface area contributed by atoms with E-state index in [1.165, 1.54) is 12.7 Å². The number of aromatic nitrogens is 1. The van der Waals surface area contributed by atoms with Crippen molar-refractivity contribution >= 4 is 34.3 Å². The Morgan fingerprint density at radius 1 is 1.16 bits per heavy atom. The van der Waals surface area contributed by atoms with Gasteiger partial charge in [-0.05, 0) is 41.8 Å². The number of carbonyl (C=O) groups is 2. The number of benzene rings is 2. The zero-order chi connectivity index (χ0) is 17.4. The summed E-state index contributed by atoms with van der Waals surface area (Å²) in [5.74, 6) is -0.224. The van der Waals surface area contributed by atoms with E-state index in [0.717, 1.165) is 34.0 Å². The van der Waals surface area contributed by atoms with Gasteiger partial charge in [-0.3, -0.25) is 4.79 Å². The Hall–Kier alpha value is -3.14. The highest BCUT2D eigenvalue weighted by molar-refractivity contribution is 6.27. The normalized spacial score (nSPS) is 15.4. The summed E-state index contributed by atoms with van der Waals surface area (Å²) < 4.78 is 4.80. The number of hydrogen-bond acceptors (Lipinski definition) is 3. The maximum atomic E-state index is 12.5. The first-order chi connectivity index (χ1) is 12.2. The van der Waals surface area contributed by atoms with E-state index in [9.17, 15) is 9.59 Å². The average molecular weight is 331 g/mol. The van der Waals surface area contributed by atoms with Gasteiger partial charge in [-0.2, -0.15) is 0 Å². The van der Waals surface area contributed by atoms with Crippen LogP contribution in [0.2, 0.25) is 0 Å². The van der Waals surface area contributed by atoms with Crippen molar-refractivity contribution in [3.8, 4) is 0 Å². The Balaban J connectivity index is 1.86. The van der Waals surface area contributed by atoms with Gasteiger partial charge < -0.3 is 9.72 Å². The number of aryl methyl sites for hydroxylation is 1.